The summed E-state index contributed by atoms with van der Waals surface area (Å²) in [7, 11) is 1.93. The van der Waals surface area contributed by atoms with Crippen molar-refractivity contribution in [2.45, 2.75) is 18.9 Å². The molecule has 2 rings (SSSR count). The van der Waals surface area contributed by atoms with Crippen molar-refractivity contribution in [1.82, 2.24) is 10.2 Å². The molecule has 0 aromatic heterocycles. The summed E-state index contributed by atoms with van der Waals surface area (Å²) in [5.41, 5.74) is 0.563. The lowest BCUT2D eigenvalue weighted by Gasteiger charge is -2.23. The SMILES string of the molecule is CNCC1CCCN1CC(=O)Nc1cc(Cl)ccc1Cl.Cl. The predicted molar refractivity (Wildman–Crippen MR) is 90.9 cm³/mol. The molecule has 1 amide bonds. The molecule has 1 aromatic rings. The van der Waals surface area contributed by atoms with Crippen LogP contribution in [0.25, 0.3) is 0 Å². The minimum Gasteiger partial charge on any atom is -0.324 e. The Morgan fingerprint density at radius 2 is 2.19 bits per heavy atom. The van der Waals surface area contributed by atoms with Crippen molar-refractivity contribution >= 4 is 47.2 Å². The number of carbonyl (C=O) groups excluding carboxylic acids is 1. The van der Waals surface area contributed by atoms with Gasteiger partial charge in [0.25, 0.3) is 0 Å². The average Bonchev–Trinajstić information content (AvgIpc) is 2.82. The van der Waals surface area contributed by atoms with Gasteiger partial charge in [0.05, 0.1) is 17.3 Å². The van der Waals surface area contributed by atoms with E-state index in [-0.39, 0.29) is 18.3 Å². The van der Waals surface area contributed by atoms with Gasteiger partial charge in [-0.15, -0.1) is 12.4 Å². The van der Waals surface area contributed by atoms with Gasteiger partial charge in [-0.05, 0) is 44.6 Å². The van der Waals surface area contributed by atoms with E-state index < -0.39 is 0 Å². The Labute approximate surface area is 141 Å². The molecular weight excluding hydrogens is 333 g/mol. The summed E-state index contributed by atoms with van der Waals surface area (Å²) in [5.74, 6) is -0.0582. The normalized spacial score (nSPS) is 18.3. The highest BCUT2D eigenvalue weighted by atomic mass is 35.5. The Balaban J connectivity index is 0.00000220. The van der Waals surface area contributed by atoms with Crippen LogP contribution in [0.1, 0.15) is 12.8 Å². The number of rotatable bonds is 5. The highest BCUT2D eigenvalue weighted by Crippen LogP contribution is 2.25. The number of hydrogen-bond acceptors (Lipinski definition) is 3. The van der Waals surface area contributed by atoms with Gasteiger partial charge in [-0.25, -0.2) is 0 Å². The number of likely N-dealkylation sites (tertiary alicyclic amines) is 1. The maximum absolute atomic E-state index is 12.1. The van der Waals surface area contributed by atoms with Crippen LogP contribution in [0, 0.1) is 0 Å². The molecule has 1 heterocycles. The molecule has 4 nitrogen and oxygen atoms in total. The Morgan fingerprint density at radius 3 is 2.90 bits per heavy atom. The molecule has 1 aliphatic rings. The monoisotopic (exact) mass is 351 g/mol. The third-order valence-electron chi connectivity index (χ3n) is 3.49. The second kappa shape index (κ2) is 8.81. The van der Waals surface area contributed by atoms with Crippen LogP contribution in [-0.2, 0) is 4.79 Å². The van der Waals surface area contributed by atoms with Crippen LogP contribution in [0.4, 0.5) is 5.69 Å². The molecule has 2 N–H and O–H groups in total. The van der Waals surface area contributed by atoms with Crippen LogP contribution in [0.2, 0.25) is 10.0 Å². The van der Waals surface area contributed by atoms with E-state index in [2.05, 4.69) is 15.5 Å². The average molecular weight is 353 g/mol. The van der Waals surface area contributed by atoms with Crippen molar-refractivity contribution in [2.24, 2.45) is 0 Å². The van der Waals surface area contributed by atoms with Crippen LogP contribution < -0.4 is 10.6 Å². The molecule has 0 spiro atoms. The molecule has 1 saturated heterocycles. The summed E-state index contributed by atoms with van der Waals surface area (Å²) in [6, 6.07) is 5.47. The number of nitrogens with one attached hydrogen (secondary N) is 2. The van der Waals surface area contributed by atoms with Crippen LogP contribution in [-0.4, -0.2) is 43.5 Å². The fourth-order valence-corrected chi connectivity index (χ4v) is 2.87. The highest BCUT2D eigenvalue weighted by molar-refractivity contribution is 6.35. The number of anilines is 1. The highest BCUT2D eigenvalue weighted by Gasteiger charge is 2.25. The van der Waals surface area contributed by atoms with Gasteiger partial charge in [0, 0.05) is 17.6 Å². The van der Waals surface area contributed by atoms with E-state index in [1.165, 1.54) is 0 Å². The number of likely N-dealkylation sites (N-methyl/N-ethyl adjacent to an activating group) is 1. The van der Waals surface area contributed by atoms with Crippen molar-refractivity contribution in [1.29, 1.82) is 0 Å². The maximum Gasteiger partial charge on any atom is 0.238 e. The van der Waals surface area contributed by atoms with Gasteiger partial charge in [0.15, 0.2) is 0 Å². The second-order valence-electron chi connectivity index (χ2n) is 5.00. The zero-order valence-electron chi connectivity index (χ0n) is 11.9. The lowest BCUT2D eigenvalue weighted by atomic mass is 10.2. The first-order chi connectivity index (χ1) is 9.60. The molecule has 1 unspecified atom stereocenters. The van der Waals surface area contributed by atoms with Gasteiger partial charge in [-0.1, -0.05) is 23.2 Å². The molecule has 1 atom stereocenters. The summed E-state index contributed by atoms with van der Waals surface area (Å²) in [4.78, 5) is 14.3. The molecule has 21 heavy (non-hydrogen) atoms. The van der Waals surface area contributed by atoms with E-state index in [4.69, 9.17) is 23.2 Å². The van der Waals surface area contributed by atoms with Gasteiger partial charge < -0.3 is 10.6 Å². The van der Waals surface area contributed by atoms with E-state index in [0.717, 1.165) is 25.9 Å². The quantitative estimate of drug-likeness (QED) is 0.856. The second-order valence-corrected chi connectivity index (χ2v) is 5.84. The third kappa shape index (κ3) is 5.31. The van der Waals surface area contributed by atoms with Crippen molar-refractivity contribution in [3.63, 3.8) is 0 Å². The smallest absolute Gasteiger partial charge is 0.238 e. The number of halogens is 3. The van der Waals surface area contributed by atoms with Crippen LogP contribution in [0.5, 0.6) is 0 Å². The number of nitrogens with zero attached hydrogens (tertiary/aromatic N) is 1. The molecule has 1 aliphatic heterocycles. The molecule has 0 aliphatic carbocycles. The van der Waals surface area contributed by atoms with Gasteiger partial charge in [-0.3, -0.25) is 9.69 Å². The van der Waals surface area contributed by atoms with Crippen molar-refractivity contribution in [3.05, 3.63) is 28.2 Å². The molecule has 118 valence electrons. The first kappa shape index (κ1) is 18.5. The van der Waals surface area contributed by atoms with Gasteiger partial charge in [-0.2, -0.15) is 0 Å². The summed E-state index contributed by atoms with van der Waals surface area (Å²) in [6.45, 7) is 2.25. The number of hydrogen-bond donors (Lipinski definition) is 2. The molecular formula is C14H20Cl3N3O. The van der Waals surface area contributed by atoms with E-state index in [0.29, 0.717) is 28.3 Å². The molecule has 7 heteroatoms. The Hall–Kier alpha value is -0.520. The standard InChI is InChI=1S/C14H19Cl2N3O.ClH/c1-17-8-11-3-2-6-19(11)9-14(20)18-13-7-10(15)4-5-12(13)16;/h4-5,7,11,17H,2-3,6,8-9H2,1H3,(H,18,20);1H. The zero-order chi connectivity index (χ0) is 14.5. The van der Waals surface area contributed by atoms with E-state index in [1.54, 1.807) is 18.2 Å². The zero-order valence-corrected chi connectivity index (χ0v) is 14.2. The minimum atomic E-state index is -0.0582. The van der Waals surface area contributed by atoms with E-state index in [1.807, 2.05) is 7.05 Å². The Morgan fingerprint density at radius 1 is 1.43 bits per heavy atom. The number of amides is 1. The van der Waals surface area contributed by atoms with Crippen molar-refractivity contribution < 1.29 is 4.79 Å². The lowest BCUT2D eigenvalue weighted by molar-refractivity contribution is -0.117. The van der Waals surface area contributed by atoms with Gasteiger partial charge >= 0.3 is 0 Å². The number of carbonyl (C=O) groups is 1. The Bertz CT molecular complexity index is 485. The van der Waals surface area contributed by atoms with Crippen molar-refractivity contribution in [3.8, 4) is 0 Å². The van der Waals surface area contributed by atoms with E-state index >= 15 is 0 Å². The fourth-order valence-electron chi connectivity index (χ4n) is 2.54. The van der Waals surface area contributed by atoms with Crippen LogP contribution in [0.15, 0.2) is 18.2 Å². The summed E-state index contributed by atoms with van der Waals surface area (Å²) >= 11 is 11.9. The molecule has 1 fully saturated rings. The molecule has 0 bridgehead atoms. The van der Waals surface area contributed by atoms with Gasteiger partial charge in [0.2, 0.25) is 5.91 Å². The van der Waals surface area contributed by atoms with Crippen LogP contribution >= 0.6 is 35.6 Å². The van der Waals surface area contributed by atoms with E-state index in [9.17, 15) is 4.79 Å². The molecule has 0 radical (unpaired) electrons. The summed E-state index contributed by atoms with van der Waals surface area (Å²) < 4.78 is 0. The molecule has 0 saturated carbocycles. The summed E-state index contributed by atoms with van der Waals surface area (Å²) in [6.07, 6.45) is 2.27. The van der Waals surface area contributed by atoms with Crippen molar-refractivity contribution in [2.75, 3.05) is 32.0 Å². The Kier molecular flexibility index (Phi) is 7.77. The largest absolute Gasteiger partial charge is 0.324 e. The number of benzene rings is 1. The first-order valence-corrected chi connectivity index (χ1v) is 7.49. The minimum absolute atomic E-state index is 0. The van der Waals surface area contributed by atoms with Crippen LogP contribution in [0.3, 0.4) is 0 Å². The lowest BCUT2D eigenvalue weighted by Crippen LogP contribution is -2.41. The predicted octanol–water partition coefficient (Wildman–Crippen LogP) is 3.04. The topological polar surface area (TPSA) is 44.4 Å². The summed E-state index contributed by atoms with van der Waals surface area (Å²) in [5, 5.41) is 7.04. The molecule has 1 aromatic carbocycles. The third-order valence-corrected chi connectivity index (χ3v) is 4.05. The fraction of sp³-hybridized carbons (Fsp3) is 0.500. The first-order valence-electron chi connectivity index (χ1n) is 6.73. The maximum atomic E-state index is 12.1. The van der Waals surface area contributed by atoms with Gasteiger partial charge in [0.1, 0.15) is 0 Å².